The molecule has 2 heterocycles. The lowest BCUT2D eigenvalue weighted by Crippen LogP contribution is -2.22. The molecule has 1 aliphatic rings. The van der Waals surface area contributed by atoms with Gasteiger partial charge in [-0.1, -0.05) is 41.8 Å². The molecule has 0 aliphatic heterocycles. The van der Waals surface area contributed by atoms with Gasteiger partial charge >= 0.3 is 12.0 Å². The molecular weight excluding hydrogens is 528 g/mol. The van der Waals surface area contributed by atoms with Gasteiger partial charge in [0.2, 0.25) is 9.84 Å². The van der Waals surface area contributed by atoms with E-state index >= 15 is 0 Å². The van der Waals surface area contributed by atoms with Crippen molar-refractivity contribution in [1.82, 2.24) is 9.97 Å². The summed E-state index contributed by atoms with van der Waals surface area (Å²) in [6.45, 7) is 0. The summed E-state index contributed by atoms with van der Waals surface area (Å²) < 4.78 is 25.7. The van der Waals surface area contributed by atoms with Crippen LogP contribution in [0, 0.1) is 5.92 Å². The van der Waals surface area contributed by atoms with Crippen molar-refractivity contribution in [1.29, 1.82) is 0 Å². The first kappa shape index (κ1) is 25.7. The van der Waals surface area contributed by atoms with Crippen molar-refractivity contribution in [3.63, 3.8) is 0 Å². The van der Waals surface area contributed by atoms with Crippen molar-refractivity contribution in [2.75, 3.05) is 10.6 Å². The molecule has 0 atom stereocenters. The molecule has 1 fully saturated rings. The maximum atomic E-state index is 13.0. The third kappa shape index (κ3) is 5.72. The summed E-state index contributed by atoms with van der Waals surface area (Å²) in [6.07, 6.45) is 4.11. The predicted octanol–water partition coefficient (Wildman–Crippen LogP) is 4.67. The van der Waals surface area contributed by atoms with Crippen LogP contribution in [0.3, 0.4) is 0 Å². The number of halogens is 1. The highest BCUT2D eigenvalue weighted by atomic mass is 35.5. The van der Waals surface area contributed by atoms with Gasteiger partial charge in [-0.15, -0.1) is 0 Å². The van der Waals surface area contributed by atoms with Crippen molar-refractivity contribution in [2.24, 2.45) is 5.92 Å². The zero-order valence-corrected chi connectivity index (χ0v) is 21.1. The summed E-state index contributed by atoms with van der Waals surface area (Å²) in [5.74, 6) is -1.53. The Labute approximate surface area is 215 Å². The number of Topliss-reactive ketones (excluding diaryl/α,β-unsaturated/α-hetero) is 1. The Balaban J connectivity index is 1.59. The van der Waals surface area contributed by atoms with Crippen molar-refractivity contribution in [2.45, 2.75) is 41.3 Å². The topological polar surface area (TPSA) is 155 Å². The van der Waals surface area contributed by atoms with Gasteiger partial charge in [0, 0.05) is 22.7 Å². The summed E-state index contributed by atoms with van der Waals surface area (Å²) in [7, 11) is -4.17. The number of amides is 2. The maximum absolute atomic E-state index is 13.0. The van der Waals surface area contributed by atoms with E-state index in [1.165, 1.54) is 36.5 Å². The van der Waals surface area contributed by atoms with E-state index < -0.39 is 28.3 Å². The lowest BCUT2D eigenvalue weighted by molar-refractivity contribution is -0.136. The molecule has 2 amide bonds. The van der Waals surface area contributed by atoms with Gasteiger partial charge in [0.15, 0.2) is 20.1 Å². The van der Waals surface area contributed by atoms with E-state index in [4.69, 9.17) is 11.6 Å². The van der Waals surface area contributed by atoms with Gasteiger partial charge < -0.3 is 10.4 Å². The van der Waals surface area contributed by atoms with E-state index in [1.54, 1.807) is 6.07 Å². The van der Waals surface area contributed by atoms with Gasteiger partial charge in [-0.25, -0.2) is 23.2 Å². The number of carbonyl (C=O) groups is 3. The lowest BCUT2D eigenvalue weighted by Gasteiger charge is -2.14. The summed E-state index contributed by atoms with van der Waals surface area (Å²) >= 11 is 6.70. The first-order valence-electron chi connectivity index (χ1n) is 10.9. The molecule has 4 rings (SSSR count). The molecule has 36 heavy (non-hydrogen) atoms. The molecule has 188 valence electrons. The van der Waals surface area contributed by atoms with Crippen LogP contribution >= 0.6 is 22.9 Å². The van der Waals surface area contributed by atoms with Gasteiger partial charge in [0.25, 0.3) is 0 Å². The predicted molar refractivity (Wildman–Crippen MR) is 134 cm³/mol. The zero-order valence-electron chi connectivity index (χ0n) is 18.7. The Bertz CT molecular complexity index is 1420. The quantitative estimate of drug-likeness (QED) is 0.343. The number of carboxylic acid groups (broad SMARTS) is 1. The number of thiazole rings is 1. The van der Waals surface area contributed by atoms with Crippen LogP contribution in [0.4, 0.5) is 15.6 Å². The Morgan fingerprint density at radius 3 is 2.53 bits per heavy atom. The van der Waals surface area contributed by atoms with E-state index in [2.05, 4.69) is 20.6 Å². The molecule has 3 aromatic rings. The summed E-state index contributed by atoms with van der Waals surface area (Å²) in [6, 6.07) is 8.08. The first-order chi connectivity index (χ1) is 17.1. The number of pyridine rings is 1. The van der Waals surface area contributed by atoms with Crippen molar-refractivity contribution in [3.05, 3.63) is 58.9 Å². The number of aliphatic carboxylic acids is 1. The van der Waals surface area contributed by atoms with Crippen molar-refractivity contribution >= 4 is 61.4 Å². The number of ketones is 1. The molecule has 1 aromatic carbocycles. The van der Waals surface area contributed by atoms with E-state index in [9.17, 15) is 27.9 Å². The highest BCUT2D eigenvalue weighted by molar-refractivity contribution is 7.93. The molecule has 0 unspecified atom stereocenters. The van der Waals surface area contributed by atoms with Crippen LogP contribution < -0.4 is 10.6 Å². The number of nitrogens with one attached hydrogen (secondary N) is 2. The molecule has 1 aliphatic carbocycles. The van der Waals surface area contributed by atoms with E-state index in [1.807, 2.05) is 0 Å². The van der Waals surface area contributed by atoms with Gasteiger partial charge in [-0.2, -0.15) is 0 Å². The minimum Gasteiger partial charge on any atom is -0.481 e. The van der Waals surface area contributed by atoms with Gasteiger partial charge in [-0.3, -0.25) is 14.9 Å². The van der Waals surface area contributed by atoms with Crippen LogP contribution in [0.15, 0.2) is 51.8 Å². The van der Waals surface area contributed by atoms with Crippen LogP contribution in [0.25, 0.3) is 0 Å². The van der Waals surface area contributed by atoms with Crippen LogP contribution in [0.2, 0.25) is 5.02 Å². The number of aromatic nitrogens is 2. The van der Waals surface area contributed by atoms with E-state index in [0.29, 0.717) is 16.4 Å². The normalized spacial score (nSPS) is 13.9. The number of carboxylic acids is 1. The number of anilines is 2. The average Bonchev–Trinajstić information content (AvgIpc) is 3.51. The second-order valence-electron chi connectivity index (χ2n) is 8.11. The number of rotatable bonds is 8. The highest BCUT2D eigenvalue weighted by Gasteiger charge is 2.29. The molecule has 2 aromatic heterocycles. The molecule has 0 spiro atoms. The van der Waals surface area contributed by atoms with Gasteiger partial charge in [0.05, 0.1) is 17.8 Å². The third-order valence-corrected chi connectivity index (χ3v) is 9.05. The number of nitrogens with zero attached hydrogens (tertiary/aromatic N) is 2. The summed E-state index contributed by atoms with van der Waals surface area (Å²) in [4.78, 5) is 44.9. The molecule has 13 heteroatoms. The Hall–Kier alpha value is -3.35. The Morgan fingerprint density at radius 2 is 1.86 bits per heavy atom. The third-order valence-electron chi connectivity index (χ3n) is 5.58. The lowest BCUT2D eigenvalue weighted by atomic mass is 9.95. The average molecular weight is 549 g/mol. The van der Waals surface area contributed by atoms with Crippen LogP contribution in [0.5, 0.6) is 0 Å². The number of hydrogen-bond donors (Lipinski definition) is 3. The monoisotopic (exact) mass is 548 g/mol. The highest BCUT2D eigenvalue weighted by Crippen LogP contribution is 2.34. The zero-order chi connectivity index (χ0) is 25.9. The Kier molecular flexibility index (Phi) is 7.67. The number of carbonyl (C=O) groups excluding carboxylic acids is 2. The number of sulfone groups is 1. The summed E-state index contributed by atoms with van der Waals surface area (Å²) in [5, 5.41) is 14.2. The number of hydrogen-bond acceptors (Lipinski definition) is 8. The Morgan fingerprint density at radius 1 is 1.11 bits per heavy atom. The number of urea groups is 1. The van der Waals surface area contributed by atoms with Gasteiger partial charge in [0.1, 0.15) is 0 Å². The molecular formula is C23H21ClN4O6S2. The fraction of sp³-hybridized carbons (Fsp3) is 0.261. The summed E-state index contributed by atoms with van der Waals surface area (Å²) in [5.41, 5.74) is 0.308. The smallest absolute Gasteiger partial charge is 0.325 e. The van der Waals surface area contributed by atoms with Gasteiger partial charge in [-0.05, 0) is 43.2 Å². The van der Waals surface area contributed by atoms with Crippen molar-refractivity contribution < 1.29 is 27.9 Å². The van der Waals surface area contributed by atoms with Crippen molar-refractivity contribution in [3.8, 4) is 0 Å². The minimum absolute atomic E-state index is 0.105. The SMILES string of the molecule is O=C(O)Cc1nc(NC(=O)Nc2ccc(Cl)cc2C(=O)C2CCCC2)sc1S(=O)(=O)c1ccccn1. The van der Waals surface area contributed by atoms with Crippen LogP contribution in [0.1, 0.15) is 41.7 Å². The minimum atomic E-state index is -4.17. The fourth-order valence-electron chi connectivity index (χ4n) is 3.95. The molecule has 0 saturated heterocycles. The second kappa shape index (κ2) is 10.7. The molecule has 10 nitrogen and oxygen atoms in total. The molecule has 1 saturated carbocycles. The number of benzene rings is 1. The van der Waals surface area contributed by atoms with Crippen LogP contribution in [-0.4, -0.2) is 41.3 Å². The fourth-order valence-corrected chi connectivity index (χ4v) is 6.84. The maximum Gasteiger partial charge on any atom is 0.325 e. The largest absolute Gasteiger partial charge is 0.481 e. The van der Waals surface area contributed by atoms with E-state index in [0.717, 1.165) is 25.7 Å². The standard InChI is InChI=1S/C23H21ClN4O6S2/c24-14-8-9-16(15(11-14)20(31)13-5-1-2-6-13)26-22(32)28-23-27-17(12-19(29)30)21(35-23)36(33,34)18-7-3-4-10-25-18/h3-4,7-11,13H,1-2,5-6,12H2,(H,29,30)(H2,26,27,28,32). The molecule has 0 radical (unpaired) electrons. The van der Waals surface area contributed by atoms with Crippen LogP contribution in [-0.2, 0) is 21.1 Å². The molecule has 0 bridgehead atoms. The second-order valence-corrected chi connectivity index (χ2v) is 11.6. The first-order valence-corrected chi connectivity index (χ1v) is 13.6. The van der Waals surface area contributed by atoms with E-state index in [-0.39, 0.29) is 43.0 Å². The molecule has 3 N–H and O–H groups in total.